The van der Waals surface area contributed by atoms with Crippen molar-refractivity contribution in [3.05, 3.63) is 90.1 Å². The van der Waals surface area contributed by atoms with Crippen molar-refractivity contribution >= 4 is 41.2 Å². The number of nitrogens with one attached hydrogen (secondary N) is 3. The second kappa shape index (κ2) is 11.5. The zero-order valence-corrected chi connectivity index (χ0v) is 19.9. The number of carbonyl (C=O) groups is 4. The first-order chi connectivity index (χ1) is 17.9. The van der Waals surface area contributed by atoms with Gasteiger partial charge in [-0.3, -0.25) is 14.4 Å². The fraction of sp³-hybridized carbons (Fsp3) is 0.111. The summed E-state index contributed by atoms with van der Waals surface area (Å²) in [4.78, 5) is 50.3. The van der Waals surface area contributed by atoms with E-state index in [-0.39, 0.29) is 18.2 Å². The number of anilines is 2. The van der Waals surface area contributed by atoms with Crippen LogP contribution in [0, 0.1) is 0 Å². The van der Waals surface area contributed by atoms with Crippen LogP contribution in [0.25, 0.3) is 6.08 Å². The summed E-state index contributed by atoms with van der Waals surface area (Å²) in [6.45, 7) is -0.631. The fourth-order valence-electron chi connectivity index (χ4n) is 3.49. The summed E-state index contributed by atoms with van der Waals surface area (Å²) in [6, 6.07) is 21.8. The highest BCUT2D eigenvalue weighted by Crippen LogP contribution is 2.23. The summed E-state index contributed by atoms with van der Waals surface area (Å²) < 4.78 is 10.7. The van der Waals surface area contributed by atoms with E-state index in [4.69, 9.17) is 9.47 Å². The molecule has 0 saturated carbocycles. The van der Waals surface area contributed by atoms with E-state index in [0.717, 1.165) is 4.90 Å². The first-order valence-corrected chi connectivity index (χ1v) is 11.3. The fourth-order valence-corrected chi connectivity index (χ4v) is 3.49. The third-order valence-corrected chi connectivity index (χ3v) is 5.26. The monoisotopic (exact) mass is 500 g/mol. The standard InChI is InChI=1S/C27H24N4O6/c1-36-23-10-6-5-9-21(23)29-24(32)16-31-26(34)22(30-27(31)35)15-18-11-13-20(14-12-18)37-17-25(33)28-19-7-3-2-4-8-19/h2-15H,16-17H2,1H3,(H,28,33)(H,29,32)(H,30,35)/b22-15+. The number of hydrogen-bond donors (Lipinski definition) is 3. The SMILES string of the molecule is COc1ccccc1NC(=O)CN1C(=O)N/C(=C/c2ccc(OCC(=O)Nc3ccccc3)cc2)C1=O. The van der Waals surface area contributed by atoms with Gasteiger partial charge in [0.15, 0.2) is 6.61 Å². The lowest BCUT2D eigenvalue weighted by atomic mass is 10.2. The minimum Gasteiger partial charge on any atom is -0.495 e. The first-order valence-electron chi connectivity index (χ1n) is 11.3. The number of methoxy groups -OCH3 is 1. The predicted molar refractivity (Wildman–Crippen MR) is 137 cm³/mol. The Hall–Kier alpha value is -5.12. The number of benzene rings is 3. The molecule has 0 radical (unpaired) electrons. The Morgan fingerprint density at radius 3 is 2.32 bits per heavy atom. The maximum absolute atomic E-state index is 12.7. The van der Waals surface area contributed by atoms with Gasteiger partial charge in [0.1, 0.15) is 23.7 Å². The Morgan fingerprint density at radius 2 is 1.59 bits per heavy atom. The van der Waals surface area contributed by atoms with Crippen molar-refractivity contribution in [3.63, 3.8) is 0 Å². The maximum Gasteiger partial charge on any atom is 0.329 e. The minimum absolute atomic E-state index is 0.0333. The Balaban J connectivity index is 1.32. The number of carbonyl (C=O) groups excluding carboxylic acids is 4. The van der Waals surface area contributed by atoms with Crippen LogP contribution in [0.3, 0.4) is 0 Å². The van der Waals surface area contributed by atoms with Crippen LogP contribution in [0.15, 0.2) is 84.6 Å². The number of amides is 5. The average Bonchev–Trinajstić information content (AvgIpc) is 3.16. The lowest BCUT2D eigenvalue weighted by Crippen LogP contribution is -2.38. The topological polar surface area (TPSA) is 126 Å². The molecular weight excluding hydrogens is 476 g/mol. The molecule has 0 bridgehead atoms. The highest BCUT2D eigenvalue weighted by atomic mass is 16.5. The number of hydrogen-bond acceptors (Lipinski definition) is 6. The van der Waals surface area contributed by atoms with Gasteiger partial charge in [0, 0.05) is 5.69 Å². The predicted octanol–water partition coefficient (Wildman–Crippen LogP) is 3.24. The molecule has 4 rings (SSSR count). The van der Waals surface area contributed by atoms with Gasteiger partial charge in [0.05, 0.1) is 12.8 Å². The van der Waals surface area contributed by atoms with Gasteiger partial charge >= 0.3 is 6.03 Å². The van der Waals surface area contributed by atoms with E-state index in [0.29, 0.717) is 28.4 Å². The van der Waals surface area contributed by atoms with Crippen molar-refractivity contribution in [2.24, 2.45) is 0 Å². The van der Waals surface area contributed by atoms with Gasteiger partial charge < -0.3 is 25.4 Å². The number of para-hydroxylation sites is 3. The van der Waals surface area contributed by atoms with Crippen molar-refractivity contribution in [3.8, 4) is 11.5 Å². The molecular formula is C27H24N4O6. The van der Waals surface area contributed by atoms with E-state index in [2.05, 4.69) is 16.0 Å². The highest BCUT2D eigenvalue weighted by molar-refractivity contribution is 6.16. The number of nitrogens with zero attached hydrogens (tertiary/aromatic N) is 1. The third kappa shape index (κ3) is 6.51. The molecule has 1 aliphatic rings. The van der Waals surface area contributed by atoms with Gasteiger partial charge in [-0.05, 0) is 48.0 Å². The molecule has 188 valence electrons. The van der Waals surface area contributed by atoms with E-state index in [9.17, 15) is 19.2 Å². The molecule has 3 N–H and O–H groups in total. The number of imide groups is 1. The summed E-state index contributed by atoms with van der Waals surface area (Å²) in [5, 5.41) is 7.84. The van der Waals surface area contributed by atoms with E-state index < -0.39 is 24.4 Å². The van der Waals surface area contributed by atoms with Crippen LogP contribution in [0.1, 0.15) is 5.56 Å². The molecule has 3 aromatic rings. The summed E-state index contributed by atoms with van der Waals surface area (Å²) >= 11 is 0. The lowest BCUT2D eigenvalue weighted by molar-refractivity contribution is -0.127. The van der Waals surface area contributed by atoms with Gasteiger partial charge in [-0.1, -0.05) is 42.5 Å². The van der Waals surface area contributed by atoms with Crippen molar-refractivity contribution in [2.45, 2.75) is 0 Å². The van der Waals surface area contributed by atoms with Gasteiger partial charge in [0.2, 0.25) is 5.91 Å². The molecule has 0 unspecified atom stereocenters. The Labute approximate surface area is 212 Å². The Bertz CT molecular complexity index is 1340. The molecule has 1 saturated heterocycles. The second-order valence-electron chi connectivity index (χ2n) is 7.90. The molecule has 10 nitrogen and oxygen atoms in total. The van der Waals surface area contributed by atoms with Crippen molar-refractivity contribution in [2.75, 3.05) is 30.9 Å². The van der Waals surface area contributed by atoms with Crippen LogP contribution in [-0.4, -0.2) is 48.9 Å². The molecule has 5 amide bonds. The quantitative estimate of drug-likeness (QED) is 0.306. The molecule has 1 aliphatic heterocycles. The zero-order valence-electron chi connectivity index (χ0n) is 19.9. The smallest absolute Gasteiger partial charge is 0.329 e. The van der Waals surface area contributed by atoms with Crippen LogP contribution in [0.4, 0.5) is 16.2 Å². The summed E-state index contributed by atoms with van der Waals surface area (Å²) in [6.07, 6.45) is 1.49. The Morgan fingerprint density at radius 1 is 0.892 bits per heavy atom. The van der Waals surface area contributed by atoms with Crippen molar-refractivity contribution < 1.29 is 28.7 Å². The minimum atomic E-state index is -0.698. The molecule has 0 atom stereocenters. The number of urea groups is 1. The van der Waals surface area contributed by atoms with Gasteiger partial charge in [-0.25, -0.2) is 9.69 Å². The van der Waals surface area contributed by atoms with Gasteiger partial charge in [0.25, 0.3) is 11.8 Å². The highest BCUT2D eigenvalue weighted by Gasteiger charge is 2.35. The molecule has 1 fully saturated rings. The normalized spacial score (nSPS) is 13.8. The number of rotatable bonds is 9. The number of ether oxygens (including phenoxy) is 2. The lowest BCUT2D eigenvalue weighted by Gasteiger charge is -2.13. The van der Waals surface area contributed by atoms with E-state index in [1.54, 1.807) is 60.7 Å². The summed E-state index contributed by atoms with van der Waals surface area (Å²) in [5.74, 6) is -0.559. The molecule has 0 aromatic heterocycles. The largest absolute Gasteiger partial charge is 0.495 e. The zero-order chi connectivity index (χ0) is 26.2. The van der Waals surface area contributed by atoms with Crippen LogP contribution in [-0.2, 0) is 14.4 Å². The van der Waals surface area contributed by atoms with Crippen LogP contribution >= 0.6 is 0 Å². The maximum atomic E-state index is 12.7. The molecule has 3 aromatic carbocycles. The molecule has 37 heavy (non-hydrogen) atoms. The second-order valence-corrected chi connectivity index (χ2v) is 7.90. The summed E-state index contributed by atoms with van der Waals surface area (Å²) in [7, 11) is 1.47. The average molecular weight is 501 g/mol. The first kappa shape index (κ1) is 25.0. The van der Waals surface area contributed by atoms with Gasteiger partial charge in [-0.15, -0.1) is 0 Å². The van der Waals surface area contributed by atoms with Crippen LogP contribution in [0.2, 0.25) is 0 Å². The molecule has 0 aliphatic carbocycles. The Kier molecular flexibility index (Phi) is 7.79. The van der Waals surface area contributed by atoms with Crippen LogP contribution < -0.4 is 25.4 Å². The van der Waals surface area contributed by atoms with Crippen LogP contribution in [0.5, 0.6) is 11.5 Å². The van der Waals surface area contributed by atoms with E-state index >= 15 is 0 Å². The van der Waals surface area contributed by atoms with E-state index in [1.165, 1.54) is 13.2 Å². The van der Waals surface area contributed by atoms with Crippen molar-refractivity contribution in [1.29, 1.82) is 0 Å². The molecule has 10 heteroatoms. The molecule has 1 heterocycles. The van der Waals surface area contributed by atoms with Gasteiger partial charge in [-0.2, -0.15) is 0 Å². The summed E-state index contributed by atoms with van der Waals surface area (Å²) in [5.41, 5.74) is 1.75. The van der Waals surface area contributed by atoms with Crippen molar-refractivity contribution in [1.82, 2.24) is 10.2 Å². The molecule has 0 spiro atoms. The third-order valence-electron chi connectivity index (χ3n) is 5.26. The van der Waals surface area contributed by atoms with E-state index in [1.807, 2.05) is 18.2 Å².